The molecule has 0 aromatic heterocycles. The van der Waals surface area contributed by atoms with E-state index in [4.69, 9.17) is 23.2 Å². The Morgan fingerprint density at radius 3 is 2.11 bits per heavy atom. The van der Waals surface area contributed by atoms with Gasteiger partial charge in [0.25, 0.3) is 0 Å². The number of hydrazine groups is 1. The van der Waals surface area contributed by atoms with Gasteiger partial charge in [-0.1, -0.05) is 47.5 Å². The number of nitrogens with zero attached hydrogens (tertiary/aromatic N) is 3. The number of hydrogen-bond donors (Lipinski definition) is 1. The van der Waals surface area contributed by atoms with Crippen molar-refractivity contribution in [2.75, 3.05) is 42.6 Å². The van der Waals surface area contributed by atoms with Crippen molar-refractivity contribution in [1.82, 2.24) is 10.3 Å². The van der Waals surface area contributed by atoms with Gasteiger partial charge in [0, 0.05) is 45.0 Å². The van der Waals surface area contributed by atoms with E-state index in [0.717, 1.165) is 54.1 Å². The highest BCUT2D eigenvalue weighted by atomic mass is 35.5. The predicted molar refractivity (Wildman–Crippen MR) is 115 cm³/mol. The van der Waals surface area contributed by atoms with Gasteiger partial charge in [0.15, 0.2) is 0 Å². The fourth-order valence-corrected chi connectivity index (χ4v) is 4.17. The van der Waals surface area contributed by atoms with Crippen molar-refractivity contribution in [3.05, 3.63) is 70.3 Å². The van der Waals surface area contributed by atoms with Crippen molar-refractivity contribution in [2.45, 2.75) is 13.0 Å². The Balaban J connectivity index is 1.38. The third-order valence-corrected chi connectivity index (χ3v) is 5.91. The fraction of sp³-hybridized carbons (Fsp3) is 0.333. The summed E-state index contributed by atoms with van der Waals surface area (Å²) in [6.07, 6.45) is 2.19. The molecular formula is C21H24Cl2N4. The van der Waals surface area contributed by atoms with Gasteiger partial charge in [-0.15, -0.1) is 0 Å². The molecule has 0 amide bonds. The Bertz CT molecular complexity index is 830. The van der Waals surface area contributed by atoms with Crippen molar-refractivity contribution in [2.24, 2.45) is 0 Å². The minimum Gasteiger partial charge on any atom is -0.368 e. The Morgan fingerprint density at radius 1 is 0.889 bits per heavy atom. The molecule has 1 fully saturated rings. The first-order chi connectivity index (χ1) is 13.1. The van der Waals surface area contributed by atoms with Crippen molar-refractivity contribution >= 4 is 34.6 Å². The second-order valence-electron chi connectivity index (χ2n) is 7.09. The van der Waals surface area contributed by atoms with Crippen molar-refractivity contribution in [3.8, 4) is 0 Å². The molecule has 1 N–H and O–H groups in total. The zero-order chi connectivity index (χ0) is 18.8. The second-order valence-corrected chi connectivity index (χ2v) is 7.91. The van der Waals surface area contributed by atoms with Crippen LogP contribution in [0.2, 0.25) is 10.0 Å². The molecule has 0 radical (unpaired) electrons. The van der Waals surface area contributed by atoms with Crippen LogP contribution < -0.4 is 15.3 Å². The number of anilines is 2. The van der Waals surface area contributed by atoms with Crippen LogP contribution in [0.4, 0.5) is 11.4 Å². The van der Waals surface area contributed by atoms with Gasteiger partial charge in [-0.2, -0.15) is 0 Å². The smallest absolute Gasteiger partial charge is 0.0757 e. The highest BCUT2D eigenvalue weighted by Crippen LogP contribution is 2.29. The Morgan fingerprint density at radius 2 is 1.48 bits per heavy atom. The molecule has 4 nitrogen and oxygen atoms in total. The van der Waals surface area contributed by atoms with E-state index >= 15 is 0 Å². The summed E-state index contributed by atoms with van der Waals surface area (Å²) in [5.41, 5.74) is 7.00. The van der Waals surface area contributed by atoms with E-state index in [0.29, 0.717) is 6.04 Å². The van der Waals surface area contributed by atoms with Crippen LogP contribution >= 0.6 is 23.2 Å². The van der Waals surface area contributed by atoms with Gasteiger partial charge in [0.2, 0.25) is 0 Å². The molecule has 0 aliphatic carbocycles. The molecule has 2 heterocycles. The van der Waals surface area contributed by atoms with Gasteiger partial charge >= 0.3 is 0 Å². The molecule has 2 aromatic rings. The molecule has 0 bridgehead atoms. The van der Waals surface area contributed by atoms with E-state index in [1.54, 1.807) is 0 Å². The quantitative estimate of drug-likeness (QED) is 0.816. The minimum absolute atomic E-state index is 0.294. The lowest BCUT2D eigenvalue weighted by atomic mass is 10.1. The van der Waals surface area contributed by atoms with E-state index in [1.165, 1.54) is 5.57 Å². The second kappa shape index (κ2) is 8.11. The van der Waals surface area contributed by atoms with Crippen LogP contribution in [0.25, 0.3) is 0 Å². The van der Waals surface area contributed by atoms with Gasteiger partial charge in [-0.05, 0) is 36.8 Å². The number of nitrogens with one attached hydrogen (secondary N) is 1. The number of rotatable bonds is 4. The molecule has 2 aliphatic rings. The molecule has 27 heavy (non-hydrogen) atoms. The SMILES string of the molecule is CC1NN(c2ccccc2Cl)C=C1CN1CCN(c2ccccc2Cl)CC1. The first-order valence-corrected chi connectivity index (χ1v) is 10.1. The molecule has 0 spiro atoms. The van der Waals surface area contributed by atoms with Gasteiger partial charge < -0.3 is 4.90 Å². The average molecular weight is 403 g/mol. The van der Waals surface area contributed by atoms with Crippen LogP contribution in [0.1, 0.15) is 6.92 Å². The first-order valence-electron chi connectivity index (χ1n) is 9.34. The summed E-state index contributed by atoms with van der Waals surface area (Å²) in [6.45, 7) is 7.21. The highest BCUT2D eigenvalue weighted by Gasteiger charge is 2.25. The largest absolute Gasteiger partial charge is 0.368 e. The lowest BCUT2D eigenvalue weighted by Gasteiger charge is -2.36. The molecule has 1 atom stereocenters. The molecule has 2 aromatic carbocycles. The highest BCUT2D eigenvalue weighted by molar-refractivity contribution is 6.33. The molecular weight excluding hydrogens is 379 g/mol. The number of piperazine rings is 1. The normalized spacial score (nSPS) is 20.9. The fourth-order valence-electron chi connectivity index (χ4n) is 3.68. The van der Waals surface area contributed by atoms with E-state index < -0.39 is 0 Å². The summed E-state index contributed by atoms with van der Waals surface area (Å²) in [7, 11) is 0. The first kappa shape index (κ1) is 18.6. The van der Waals surface area contributed by atoms with E-state index in [9.17, 15) is 0 Å². The monoisotopic (exact) mass is 402 g/mol. The summed E-state index contributed by atoms with van der Waals surface area (Å²) in [4.78, 5) is 4.88. The predicted octanol–water partition coefficient (Wildman–Crippen LogP) is 4.41. The molecule has 0 saturated carbocycles. The Labute approximate surface area is 170 Å². The van der Waals surface area contributed by atoms with Gasteiger partial charge in [0.1, 0.15) is 0 Å². The average Bonchev–Trinajstić information content (AvgIpc) is 3.03. The number of halogens is 2. The van der Waals surface area contributed by atoms with Crippen molar-refractivity contribution < 1.29 is 0 Å². The zero-order valence-electron chi connectivity index (χ0n) is 15.4. The van der Waals surface area contributed by atoms with Crippen LogP contribution in [0.3, 0.4) is 0 Å². The number of hydrogen-bond acceptors (Lipinski definition) is 4. The lowest BCUT2D eigenvalue weighted by molar-refractivity contribution is 0.274. The maximum Gasteiger partial charge on any atom is 0.0757 e. The lowest BCUT2D eigenvalue weighted by Crippen LogP contribution is -2.47. The summed E-state index contributed by atoms with van der Waals surface area (Å²) in [5.74, 6) is 0. The van der Waals surface area contributed by atoms with Crippen LogP contribution in [-0.4, -0.2) is 43.7 Å². The molecule has 142 valence electrons. The van der Waals surface area contributed by atoms with Crippen molar-refractivity contribution in [1.29, 1.82) is 0 Å². The summed E-state index contributed by atoms with van der Waals surface area (Å²) >= 11 is 12.7. The maximum atomic E-state index is 6.35. The van der Waals surface area contributed by atoms with Crippen molar-refractivity contribution in [3.63, 3.8) is 0 Å². The van der Waals surface area contributed by atoms with Gasteiger partial charge in [-0.25, -0.2) is 5.43 Å². The Hall–Kier alpha value is -1.72. The summed E-state index contributed by atoms with van der Waals surface area (Å²) < 4.78 is 0. The van der Waals surface area contributed by atoms with E-state index in [1.807, 2.05) is 47.5 Å². The van der Waals surface area contributed by atoms with Crippen LogP contribution in [-0.2, 0) is 0 Å². The van der Waals surface area contributed by atoms with E-state index in [-0.39, 0.29) is 0 Å². The van der Waals surface area contributed by atoms with Gasteiger partial charge in [-0.3, -0.25) is 9.91 Å². The van der Waals surface area contributed by atoms with Crippen LogP contribution in [0.5, 0.6) is 0 Å². The molecule has 4 rings (SSSR count). The molecule has 1 unspecified atom stereocenters. The number of benzene rings is 2. The molecule has 6 heteroatoms. The number of para-hydroxylation sites is 2. The zero-order valence-corrected chi connectivity index (χ0v) is 16.9. The summed E-state index contributed by atoms with van der Waals surface area (Å²) in [5, 5.41) is 3.63. The van der Waals surface area contributed by atoms with Crippen LogP contribution in [0.15, 0.2) is 60.3 Å². The third kappa shape index (κ3) is 4.09. The summed E-state index contributed by atoms with van der Waals surface area (Å²) in [6, 6.07) is 16.3. The third-order valence-electron chi connectivity index (χ3n) is 5.27. The molecule has 2 aliphatic heterocycles. The minimum atomic E-state index is 0.294. The van der Waals surface area contributed by atoms with Gasteiger partial charge in [0.05, 0.1) is 21.4 Å². The van der Waals surface area contributed by atoms with Crippen LogP contribution in [0, 0.1) is 0 Å². The maximum absolute atomic E-state index is 6.35. The van der Waals surface area contributed by atoms with E-state index in [2.05, 4.69) is 34.4 Å². The molecule has 1 saturated heterocycles. The topological polar surface area (TPSA) is 21.8 Å². The standard InChI is InChI=1S/C21H24Cl2N4/c1-16-17(15-27(24-16)21-9-5-3-7-19(21)23)14-25-10-12-26(13-11-25)20-8-4-2-6-18(20)22/h2-9,15-16,24H,10-14H2,1H3. The Kier molecular flexibility index (Phi) is 5.60.